The van der Waals surface area contributed by atoms with Crippen molar-refractivity contribution < 1.29 is 0 Å². The van der Waals surface area contributed by atoms with Gasteiger partial charge in [0.05, 0.1) is 0 Å². The van der Waals surface area contributed by atoms with Gasteiger partial charge >= 0.3 is 0 Å². The Morgan fingerprint density at radius 1 is 0.824 bits per heavy atom. The maximum Gasteiger partial charge on any atom is -0.0303 e. The standard InChI is InChI=1S/C17H36/c1-11-14(17(9,10)13(2)3)12-16(7,8)15(4,5)6/h13-14H,11-12H2,1-10H3. The first-order chi connectivity index (χ1) is 7.36. The fourth-order valence-electron chi connectivity index (χ4n) is 2.33. The minimum atomic E-state index is 0.382. The van der Waals surface area contributed by atoms with Crippen LogP contribution in [0.3, 0.4) is 0 Å². The summed E-state index contributed by atoms with van der Waals surface area (Å²) in [7, 11) is 0. The first kappa shape index (κ1) is 17.0. The predicted molar refractivity (Wildman–Crippen MR) is 80.3 cm³/mol. The van der Waals surface area contributed by atoms with Gasteiger partial charge in [-0.15, -0.1) is 0 Å². The molecule has 0 N–H and O–H groups in total. The van der Waals surface area contributed by atoms with Crippen LogP contribution in [0, 0.1) is 28.1 Å². The van der Waals surface area contributed by atoms with Crippen molar-refractivity contribution in [3.63, 3.8) is 0 Å². The van der Waals surface area contributed by atoms with Gasteiger partial charge in [0.2, 0.25) is 0 Å². The van der Waals surface area contributed by atoms with Crippen molar-refractivity contribution in [3.05, 3.63) is 0 Å². The largest absolute Gasteiger partial charge is 0.0651 e. The highest BCUT2D eigenvalue weighted by Gasteiger charge is 2.39. The monoisotopic (exact) mass is 240 g/mol. The van der Waals surface area contributed by atoms with Crippen LogP contribution in [0.2, 0.25) is 0 Å². The highest BCUT2D eigenvalue weighted by Crippen LogP contribution is 2.49. The van der Waals surface area contributed by atoms with Gasteiger partial charge in [-0.1, -0.05) is 75.7 Å². The second-order valence-corrected chi connectivity index (χ2v) is 8.42. The molecule has 0 aromatic heterocycles. The predicted octanol–water partition coefficient (Wildman–Crippen LogP) is 6.16. The highest BCUT2D eigenvalue weighted by atomic mass is 14.4. The van der Waals surface area contributed by atoms with Crippen molar-refractivity contribution in [1.82, 2.24) is 0 Å². The Hall–Kier alpha value is 0. The Kier molecular flexibility index (Phi) is 5.33. The normalized spacial score (nSPS) is 16.4. The van der Waals surface area contributed by atoms with Gasteiger partial charge in [-0.05, 0) is 34.5 Å². The average molecular weight is 240 g/mol. The molecule has 17 heavy (non-hydrogen) atoms. The Morgan fingerprint density at radius 2 is 1.24 bits per heavy atom. The molecule has 0 saturated heterocycles. The molecule has 1 unspecified atom stereocenters. The summed E-state index contributed by atoms with van der Waals surface area (Å²) in [5.41, 5.74) is 1.23. The fraction of sp³-hybridized carbons (Fsp3) is 1.00. The molecule has 0 fully saturated rings. The van der Waals surface area contributed by atoms with Gasteiger partial charge in [0.25, 0.3) is 0 Å². The van der Waals surface area contributed by atoms with E-state index < -0.39 is 0 Å². The van der Waals surface area contributed by atoms with Gasteiger partial charge in [0.15, 0.2) is 0 Å². The van der Waals surface area contributed by atoms with Crippen LogP contribution in [-0.2, 0) is 0 Å². The van der Waals surface area contributed by atoms with E-state index in [4.69, 9.17) is 0 Å². The molecule has 0 aliphatic heterocycles. The molecule has 0 aliphatic rings. The summed E-state index contributed by atoms with van der Waals surface area (Å²) in [5.74, 6) is 1.57. The van der Waals surface area contributed by atoms with Crippen LogP contribution in [0.5, 0.6) is 0 Å². The van der Waals surface area contributed by atoms with Crippen molar-refractivity contribution in [1.29, 1.82) is 0 Å². The average Bonchev–Trinajstić information content (AvgIpc) is 2.11. The summed E-state index contributed by atoms with van der Waals surface area (Å²) in [5, 5.41) is 0. The third-order valence-corrected chi connectivity index (χ3v) is 5.82. The van der Waals surface area contributed by atoms with Gasteiger partial charge in [-0.2, -0.15) is 0 Å². The Bertz CT molecular complexity index is 225. The summed E-state index contributed by atoms with van der Waals surface area (Å²) in [4.78, 5) is 0. The Labute approximate surface area is 111 Å². The fourth-order valence-corrected chi connectivity index (χ4v) is 2.33. The van der Waals surface area contributed by atoms with Crippen LogP contribution < -0.4 is 0 Å². The van der Waals surface area contributed by atoms with Crippen LogP contribution in [0.1, 0.15) is 82.1 Å². The molecule has 104 valence electrons. The first-order valence-electron chi connectivity index (χ1n) is 7.36. The van der Waals surface area contributed by atoms with Crippen molar-refractivity contribution in [2.24, 2.45) is 28.1 Å². The van der Waals surface area contributed by atoms with Crippen molar-refractivity contribution >= 4 is 0 Å². The zero-order chi connectivity index (χ0) is 14.1. The molecule has 0 aromatic rings. The zero-order valence-corrected chi connectivity index (χ0v) is 14.1. The lowest BCUT2D eigenvalue weighted by Gasteiger charge is -2.46. The van der Waals surface area contributed by atoms with Gasteiger partial charge in [0.1, 0.15) is 0 Å². The molecular weight excluding hydrogens is 204 g/mol. The number of rotatable bonds is 5. The second kappa shape index (κ2) is 5.33. The number of hydrogen-bond acceptors (Lipinski definition) is 0. The Balaban J connectivity index is 4.96. The summed E-state index contributed by atoms with van der Waals surface area (Å²) in [6.07, 6.45) is 2.63. The molecule has 0 nitrogen and oxygen atoms in total. The quantitative estimate of drug-likeness (QED) is 0.540. The maximum atomic E-state index is 2.45. The lowest BCUT2D eigenvalue weighted by atomic mass is 9.59. The van der Waals surface area contributed by atoms with Crippen LogP contribution in [0.15, 0.2) is 0 Å². The van der Waals surface area contributed by atoms with Gasteiger partial charge in [-0.25, -0.2) is 0 Å². The molecule has 0 rings (SSSR count). The molecule has 0 saturated carbocycles. The molecule has 0 bridgehead atoms. The van der Waals surface area contributed by atoms with E-state index in [1.54, 1.807) is 0 Å². The lowest BCUT2D eigenvalue weighted by molar-refractivity contribution is 0.0333. The molecule has 0 spiro atoms. The molecule has 0 aromatic carbocycles. The molecule has 0 radical (unpaired) electrons. The molecule has 1 atom stereocenters. The van der Waals surface area contributed by atoms with Gasteiger partial charge < -0.3 is 0 Å². The maximum absolute atomic E-state index is 2.45. The smallest absolute Gasteiger partial charge is 0.0303 e. The van der Waals surface area contributed by atoms with E-state index in [9.17, 15) is 0 Å². The van der Waals surface area contributed by atoms with E-state index in [-0.39, 0.29) is 0 Å². The van der Waals surface area contributed by atoms with Gasteiger partial charge in [0, 0.05) is 0 Å². The van der Waals surface area contributed by atoms with E-state index in [1.807, 2.05) is 0 Å². The summed E-state index contributed by atoms with van der Waals surface area (Å²) in [6, 6.07) is 0. The van der Waals surface area contributed by atoms with Gasteiger partial charge in [-0.3, -0.25) is 0 Å². The molecular formula is C17H36. The second-order valence-electron chi connectivity index (χ2n) is 8.42. The molecule has 0 heterocycles. The van der Waals surface area contributed by atoms with E-state index in [2.05, 4.69) is 69.2 Å². The third-order valence-electron chi connectivity index (χ3n) is 5.82. The van der Waals surface area contributed by atoms with E-state index in [0.717, 1.165) is 11.8 Å². The zero-order valence-electron chi connectivity index (χ0n) is 14.1. The summed E-state index contributed by atoms with van der Waals surface area (Å²) < 4.78 is 0. The SMILES string of the molecule is CCC(CC(C)(C)C(C)(C)C)C(C)(C)C(C)C. The van der Waals surface area contributed by atoms with Crippen LogP contribution in [0.25, 0.3) is 0 Å². The lowest BCUT2D eigenvalue weighted by Crippen LogP contribution is -2.38. The summed E-state index contributed by atoms with van der Waals surface area (Å²) >= 11 is 0. The van der Waals surface area contributed by atoms with Crippen LogP contribution in [0.4, 0.5) is 0 Å². The first-order valence-corrected chi connectivity index (χ1v) is 7.36. The van der Waals surface area contributed by atoms with E-state index >= 15 is 0 Å². The number of hydrogen-bond donors (Lipinski definition) is 0. The van der Waals surface area contributed by atoms with Crippen molar-refractivity contribution in [3.8, 4) is 0 Å². The molecule has 0 aliphatic carbocycles. The summed E-state index contributed by atoms with van der Waals surface area (Å²) in [6.45, 7) is 24.0. The minimum absolute atomic E-state index is 0.382. The third kappa shape index (κ3) is 4.00. The Morgan fingerprint density at radius 3 is 1.47 bits per heavy atom. The van der Waals surface area contributed by atoms with Crippen LogP contribution in [-0.4, -0.2) is 0 Å². The van der Waals surface area contributed by atoms with E-state index in [0.29, 0.717) is 16.2 Å². The van der Waals surface area contributed by atoms with E-state index in [1.165, 1.54) is 12.8 Å². The highest BCUT2D eigenvalue weighted by molar-refractivity contribution is 4.89. The van der Waals surface area contributed by atoms with Crippen molar-refractivity contribution in [2.45, 2.75) is 82.1 Å². The van der Waals surface area contributed by atoms with Crippen LogP contribution >= 0.6 is 0 Å². The van der Waals surface area contributed by atoms with Crippen molar-refractivity contribution in [2.75, 3.05) is 0 Å². The molecule has 0 amide bonds. The molecule has 0 heteroatoms. The topological polar surface area (TPSA) is 0 Å². The minimum Gasteiger partial charge on any atom is -0.0651 e.